The second-order valence-electron chi connectivity index (χ2n) is 17.3. The molecule has 0 radical (unpaired) electrons. The molecule has 3 heterocycles. The van der Waals surface area contributed by atoms with Crippen molar-refractivity contribution in [3.8, 4) is 22.6 Å². The van der Waals surface area contributed by atoms with E-state index in [0.29, 0.717) is 5.82 Å². The van der Waals surface area contributed by atoms with Gasteiger partial charge < -0.3 is 9.80 Å². The van der Waals surface area contributed by atoms with Gasteiger partial charge in [0.2, 0.25) is 0 Å². The summed E-state index contributed by atoms with van der Waals surface area (Å²) in [5, 5.41) is 10.9. The van der Waals surface area contributed by atoms with Gasteiger partial charge >= 0.3 is 0 Å². The summed E-state index contributed by atoms with van der Waals surface area (Å²) >= 11 is 0. The molecular formula is C60H37BN4. The number of rotatable bonds is 4. The second kappa shape index (κ2) is 14.0. The van der Waals surface area contributed by atoms with Crippen LogP contribution < -0.4 is 26.2 Å². The van der Waals surface area contributed by atoms with Gasteiger partial charge in [-0.15, -0.1) is 0 Å². The SMILES string of the molecule is c1ccc(-c2nc(-c3cc4c5c(c3)N(c3ccccc3)c3cc6c(ccc7ccccc76)cc3B5c3cc5ccc6ccccc6c5cc3N4c3ccccc3)c3ccccc3n2)cc1. The highest BCUT2D eigenvalue weighted by Crippen LogP contribution is 2.48. The topological polar surface area (TPSA) is 32.3 Å². The predicted molar refractivity (Wildman–Crippen MR) is 274 cm³/mol. The standard InChI is InChI=1S/C60H37BN4/c1-4-18-40(19-5-1)60-62-53-27-15-14-26-48(53)59(63-60)43-34-56-58-57(35-43)65(45-22-8-3-9-23-45)55-37-50-42(31-29-39-17-11-13-25-47(39)50)33-52(55)61(58)51-32-41-30-28-38-16-10-12-24-46(38)49(41)36-54(51)64(56)44-20-6-2-7-21-44/h1-37H. The van der Waals surface area contributed by atoms with E-state index in [4.69, 9.17) is 9.97 Å². The summed E-state index contributed by atoms with van der Waals surface area (Å²) in [6.07, 6.45) is 0. The normalized spacial score (nSPS) is 12.8. The first-order valence-electron chi connectivity index (χ1n) is 22.4. The van der Waals surface area contributed by atoms with E-state index < -0.39 is 0 Å². The minimum Gasteiger partial charge on any atom is -0.311 e. The van der Waals surface area contributed by atoms with Crippen molar-refractivity contribution >= 4 is 111 Å². The van der Waals surface area contributed by atoms with Gasteiger partial charge in [0.1, 0.15) is 0 Å². The van der Waals surface area contributed by atoms with Crippen molar-refractivity contribution in [3.05, 3.63) is 224 Å². The van der Waals surface area contributed by atoms with Crippen LogP contribution in [0.1, 0.15) is 0 Å². The molecule has 0 N–H and O–H groups in total. The van der Waals surface area contributed by atoms with Gasteiger partial charge in [0.25, 0.3) is 6.71 Å². The van der Waals surface area contributed by atoms with Crippen LogP contribution in [0.4, 0.5) is 34.1 Å². The molecule has 0 fully saturated rings. The second-order valence-corrected chi connectivity index (χ2v) is 17.3. The fourth-order valence-electron chi connectivity index (χ4n) is 10.9. The molecular weight excluding hydrogens is 787 g/mol. The molecule has 11 aromatic carbocycles. The molecule has 0 spiro atoms. The number of nitrogens with zero attached hydrogens (tertiary/aromatic N) is 4. The van der Waals surface area contributed by atoms with E-state index in [1.54, 1.807) is 0 Å². The Kier molecular flexibility index (Phi) is 7.75. The van der Waals surface area contributed by atoms with Crippen LogP contribution in [0.2, 0.25) is 0 Å². The van der Waals surface area contributed by atoms with Crippen molar-refractivity contribution in [2.75, 3.05) is 9.80 Å². The van der Waals surface area contributed by atoms with Gasteiger partial charge in [0, 0.05) is 50.6 Å². The van der Waals surface area contributed by atoms with Crippen molar-refractivity contribution in [1.29, 1.82) is 0 Å². The van der Waals surface area contributed by atoms with Crippen LogP contribution in [0, 0.1) is 0 Å². The Balaban J connectivity index is 1.16. The Morgan fingerprint density at radius 2 is 0.785 bits per heavy atom. The number of hydrogen-bond acceptors (Lipinski definition) is 4. The Morgan fingerprint density at radius 1 is 0.323 bits per heavy atom. The van der Waals surface area contributed by atoms with Crippen molar-refractivity contribution < 1.29 is 0 Å². The molecule has 300 valence electrons. The van der Waals surface area contributed by atoms with Gasteiger partial charge in [0.05, 0.1) is 11.2 Å². The molecule has 2 aliphatic rings. The van der Waals surface area contributed by atoms with Crippen LogP contribution in [0.25, 0.3) is 76.6 Å². The zero-order valence-corrected chi connectivity index (χ0v) is 35.2. The number of fused-ring (bicyclic) bond motifs is 11. The fraction of sp³-hybridized carbons (Fsp3) is 0. The number of benzene rings is 11. The van der Waals surface area contributed by atoms with Crippen LogP contribution in [-0.4, -0.2) is 16.7 Å². The maximum Gasteiger partial charge on any atom is 0.252 e. The summed E-state index contributed by atoms with van der Waals surface area (Å²) in [6, 6.07) is 82.0. The predicted octanol–water partition coefficient (Wildman–Crippen LogP) is 13.7. The molecule has 0 bridgehead atoms. The van der Waals surface area contributed by atoms with Crippen molar-refractivity contribution in [1.82, 2.24) is 9.97 Å². The summed E-state index contributed by atoms with van der Waals surface area (Å²) in [4.78, 5) is 15.7. The van der Waals surface area contributed by atoms with Gasteiger partial charge in [-0.25, -0.2) is 9.97 Å². The van der Waals surface area contributed by atoms with E-state index in [-0.39, 0.29) is 6.71 Å². The monoisotopic (exact) mass is 824 g/mol. The summed E-state index contributed by atoms with van der Waals surface area (Å²) in [5.41, 5.74) is 14.5. The summed E-state index contributed by atoms with van der Waals surface area (Å²) in [6.45, 7) is -0.0762. The zero-order valence-electron chi connectivity index (χ0n) is 35.2. The Morgan fingerprint density at radius 3 is 1.34 bits per heavy atom. The Labute approximate surface area is 376 Å². The molecule has 0 unspecified atom stereocenters. The molecule has 0 saturated carbocycles. The van der Waals surface area contributed by atoms with Gasteiger partial charge in [-0.3, -0.25) is 0 Å². The van der Waals surface area contributed by atoms with Crippen molar-refractivity contribution in [2.24, 2.45) is 0 Å². The van der Waals surface area contributed by atoms with Crippen LogP contribution >= 0.6 is 0 Å². The van der Waals surface area contributed by atoms with E-state index in [9.17, 15) is 0 Å². The highest BCUT2D eigenvalue weighted by molar-refractivity contribution is 7.00. The van der Waals surface area contributed by atoms with E-state index in [2.05, 4.69) is 228 Å². The number of hydrogen-bond donors (Lipinski definition) is 0. The molecule has 5 heteroatoms. The molecule has 0 saturated heterocycles. The molecule has 0 aliphatic carbocycles. The highest BCUT2D eigenvalue weighted by Gasteiger charge is 2.44. The first-order valence-corrected chi connectivity index (χ1v) is 22.4. The number of anilines is 6. The highest BCUT2D eigenvalue weighted by atomic mass is 15.2. The van der Waals surface area contributed by atoms with Crippen molar-refractivity contribution in [2.45, 2.75) is 0 Å². The number of aromatic nitrogens is 2. The fourth-order valence-corrected chi connectivity index (χ4v) is 10.9. The van der Waals surface area contributed by atoms with E-state index in [1.807, 2.05) is 6.07 Å². The number of para-hydroxylation sites is 3. The maximum atomic E-state index is 5.49. The molecule has 65 heavy (non-hydrogen) atoms. The lowest BCUT2D eigenvalue weighted by Gasteiger charge is -2.44. The maximum absolute atomic E-state index is 5.49. The lowest BCUT2D eigenvalue weighted by molar-refractivity contribution is 1.22. The summed E-state index contributed by atoms with van der Waals surface area (Å²) in [5.74, 6) is 0.704. The Hall–Kier alpha value is -8.54. The van der Waals surface area contributed by atoms with Gasteiger partial charge in [-0.1, -0.05) is 170 Å². The minimum absolute atomic E-state index is 0.0762. The largest absolute Gasteiger partial charge is 0.311 e. The Bertz CT molecular complexity index is 3720. The molecule has 4 nitrogen and oxygen atoms in total. The molecule has 12 aromatic rings. The first kappa shape index (κ1) is 36.0. The lowest BCUT2D eigenvalue weighted by Crippen LogP contribution is -2.61. The minimum atomic E-state index is -0.0762. The molecule has 0 amide bonds. The third kappa shape index (κ3) is 5.46. The average Bonchev–Trinajstić information content (AvgIpc) is 3.37. The molecule has 1 aromatic heterocycles. The zero-order chi connectivity index (χ0) is 42.6. The summed E-state index contributed by atoms with van der Waals surface area (Å²) in [7, 11) is 0. The first-order chi connectivity index (χ1) is 32.2. The molecule has 2 aliphatic heterocycles. The van der Waals surface area contributed by atoms with E-state index >= 15 is 0 Å². The van der Waals surface area contributed by atoms with Crippen LogP contribution in [0.3, 0.4) is 0 Å². The lowest BCUT2D eigenvalue weighted by atomic mass is 9.33. The third-order valence-electron chi connectivity index (χ3n) is 13.7. The third-order valence-corrected chi connectivity index (χ3v) is 13.7. The van der Waals surface area contributed by atoms with E-state index in [0.717, 1.165) is 50.5 Å². The quantitative estimate of drug-likeness (QED) is 0.131. The average molecular weight is 825 g/mol. The van der Waals surface area contributed by atoms with E-state index in [1.165, 1.54) is 70.9 Å². The van der Waals surface area contributed by atoms with Crippen LogP contribution in [0.5, 0.6) is 0 Å². The molecule has 0 atom stereocenters. The van der Waals surface area contributed by atoms with Crippen LogP contribution in [-0.2, 0) is 0 Å². The smallest absolute Gasteiger partial charge is 0.252 e. The van der Waals surface area contributed by atoms with Crippen molar-refractivity contribution in [3.63, 3.8) is 0 Å². The summed E-state index contributed by atoms with van der Waals surface area (Å²) < 4.78 is 0. The molecule has 14 rings (SSSR count). The van der Waals surface area contributed by atoms with Gasteiger partial charge in [-0.05, 0) is 114 Å². The van der Waals surface area contributed by atoms with Gasteiger partial charge in [0.15, 0.2) is 5.82 Å². The van der Waals surface area contributed by atoms with Gasteiger partial charge in [-0.2, -0.15) is 0 Å². The van der Waals surface area contributed by atoms with Crippen LogP contribution in [0.15, 0.2) is 224 Å².